The summed E-state index contributed by atoms with van der Waals surface area (Å²) in [7, 11) is -3.61. The number of likely N-dealkylation sites (tertiary alicyclic amines) is 1. The molecule has 8 heteroatoms. The number of hydrogen-bond acceptors (Lipinski definition) is 4. The summed E-state index contributed by atoms with van der Waals surface area (Å²) in [6, 6.07) is 4.65. The number of nitrogens with two attached hydrogens (primary N) is 1. The van der Waals surface area contributed by atoms with Crippen LogP contribution in [0.3, 0.4) is 0 Å². The van der Waals surface area contributed by atoms with Crippen LogP contribution >= 0.6 is 12.4 Å². The number of halogens is 2. The van der Waals surface area contributed by atoms with Crippen LogP contribution in [0.4, 0.5) is 4.39 Å². The number of amides is 1. The van der Waals surface area contributed by atoms with Crippen molar-refractivity contribution in [2.24, 2.45) is 17.6 Å². The first-order chi connectivity index (χ1) is 10.3. The van der Waals surface area contributed by atoms with Gasteiger partial charge in [-0.3, -0.25) is 4.79 Å². The molecule has 0 radical (unpaired) electrons. The van der Waals surface area contributed by atoms with E-state index >= 15 is 0 Å². The maximum Gasteiger partial charge on any atom is 0.226 e. The molecule has 1 heterocycles. The van der Waals surface area contributed by atoms with Crippen LogP contribution < -0.4 is 5.73 Å². The van der Waals surface area contributed by atoms with Crippen molar-refractivity contribution in [2.75, 3.05) is 25.4 Å². The van der Waals surface area contributed by atoms with Gasteiger partial charge in [0.25, 0.3) is 0 Å². The highest BCUT2D eigenvalue weighted by atomic mass is 35.5. The van der Waals surface area contributed by atoms with Crippen molar-refractivity contribution in [1.29, 1.82) is 0 Å². The highest BCUT2D eigenvalue weighted by Gasteiger charge is 2.31. The highest BCUT2D eigenvalue weighted by Crippen LogP contribution is 2.20. The quantitative estimate of drug-likeness (QED) is 0.802. The summed E-state index contributed by atoms with van der Waals surface area (Å²) in [4.78, 5) is 14.1. The molecule has 2 N–H and O–H groups in total. The van der Waals surface area contributed by atoms with E-state index in [1.807, 2.05) is 0 Å². The third kappa shape index (κ3) is 4.89. The lowest BCUT2D eigenvalue weighted by Crippen LogP contribution is -2.36. The Bertz CT molecular complexity index is 637. The second-order valence-electron chi connectivity index (χ2n) is 5.81. The van der Waals surface area contributed by atoms with Gasteiger partial charge in [0.15, 0.2) is 9.84 Å². The first kappa shape index (κ1) is 19.9. The molecule has 0 bridgehead atoms. The fourth-order valence-corrected chi connectivity index (χ4v) is 4.22. The van der Waals surface area contributed by atoms with Gasteiger partial charge >= 0.3 is 0 Å². The number of rotatable bonds is 5. The minimum Gasteiger partial charge on any atom is -0.342 e. The van der Waals surface area contributed by atoms with Crippen LogP contribution in [0.5, 0.6) is 0 Å². The van der Waals surface area contributed by atoms with Gasteiger partial charge in [0.2, 0.25) is 5.91 Å². The van der Waals surface area contributed by atoms with E-state index in [-0.39, 0.29) is 29.0 Å². The second kappa shape index (κ2) is 8.08. The topological polar surface area (TPSA) is 80.5 Å². The van der Waals surface area contributed by atoms with Gasteiger partial charge in [0.1, 0.15) is 5.82 Å². The number of sulfone groups is 1. The molecular formula is C15H22ClFN2O3S. The van der Waals surface area contributed by atoms with Gasteiger partial charge in [0.05, 0.1) is 10.6 Å². The Morgan fingerprint density at radius 2 is 2.00 bits per heavy atom. The molecule has 5 nitrogen and oxygen atoms in total. The lowest BCUT2D eigenvalue weighted by Gasteiger charge is -2.21. The molecular weight excluding hydrogens is 343 g/mol. The number of carbonyl (C=O) groups is 1. The molecule has 1 aliphatic rings. The summed E-state index contributed by atoms with van der Waals surface area (Å²) in [6.45, 7) is 3.36. The largest absolute Gasteiger partial charge is 0.342 e. The van der Waals surface area contributed by atoms with Gasteiger partial charge < -0.3 is 10.6 Å². The molecule has 2 rings (SSSR count). The molecule has 1 aliphatic heterocycles. The zero-order valence-electron chi connectivity index (χ0n) is 12.9. The van der Waals surface area contributed by atoms with Crippen LogP contribution in [-0.2, 0) is 14.6 Å². The minimum atomic E-state index is -3.61. The zero-order chi connectivity index (χ0) is 16.3. The number of benzene rings is 1. The lowest BCUT2D eigenvalue weighted by molar-refractivity contribution is -0.133. The molecule has 0 spiro atoms. The Labute approximate surface area is 142 Å². The van der Waals surface area contributed by atoms with E-state index < -0.39 is 21.6 Å². The Morgan fingerprint density at radius 3 is 2.52 bits per heavy atom. The van der Waals surface area contributed by atoms with Crippen LogP contribution in [0.25, 0.3) is 0 Å². The maximum atomic E-state index is 12.9. The smallest absolute Gasteiger partial charge is 0.226 e. The van der Waals surface area contributed by atoms with E-state index in [0.717, 1.165) is 18.6 Å². The van der Waals surface area contributed by atoms with Gasteiger partial charge in [-0.2, -0.15) is 0 Å². The summed E-state index contributed by atoms with van der Waals surface area (Å²) < 4.78 is 37.4. The molecule has 23 heavy (non-hydrogen) atoms. The van der Waals surface area contributed by atoms with Crippen LogP contribution in [0, 0.1) is 17.7 Å². The van der Waals surface area contributed by atoms with Crippen molar-refractivity contribution in [3.8, 4) is 0 Å². The number of nitrogens with zero attached hydrogens (tertiary/aromatic N) is 1. The molecule has 0 aromatic heterocycles. The summed E-state index contributed by atoms with van der Waals surface area (Å²) in [5.74, 6) is -1.27. The summed E-state index contributed by atoms with van der Waals surface area (Å²) in [6.07, 6.45) is 0.861. The van der Waals surface area contributed by atoms with Crippen LogP contribution in [0.15, 0.2) is 29.2 Å². The van der Waals surface area contributed by atoms with Crippen molar-refractivity contribution < 1.29 is 17.6 Å². The normalized spacial score (nSPS) is 19.3. The van der Waals surface area contributed by atoms with E-state index in [9.17, 15) is 17.6 Å². The van der Waals surface area contributed by atoms with Crippen molar-refractivity contribution in [3.63, 3.8) is 0 Å². The molecule has 130 valence electrons. The fraction of sp³-hybridized carbons (Fsp3) is 0.533. The molecule has 1 amide bonds. The monoisotopic (exact) mass is 364 g/mol. The van der Waals surface area contributed by atoms with Crippen molar-refractivity contribution in [3.05, 3.63) is 30.1 Å². The van der Waals surface area contributed by atoms with E-state index in [4.69, 9.17) is 5.73 Å². The molecule has 1 fully saturated rings. The standard InChI is InChI=1S/C15H21FN2O3S.ClH/c1-11(15(19)18-7-6-12(8-17)9-18)10-22(20,21)14-4-2-13(16)3-5-14;/h2-5,11-12H,6-10,17H2,1H3;1H. The summed E-state index contributed by atoms with van der Waals surface area (Å²) in [5, 5.41) is 0. The van der Waals surface area contributed by atoms with E-state index in [1.165, 1.54) is 12.1 Å². The van der Waals surface area contributed by atoms with Gasteiger partial charge in [0, 0.05) is 19.0 Å². The Balaban J connectivity index is 0.00000264. The fourth-order valence-electron chi connectivity index (χ4n) is 2.68. The minimum absolute atomic E-state index is 0. The first-order valence-corrected chi connectivity index (χ1v) is 8.96. The van der Waals surface area contributed by atoms with Gasteiger partial charge in [-0.1, -0.05) is 6.92 Å². The lowest BCUT2D eigenvalue weighted by atomic mass is 10.1. The van der Waals surface area contributed by atoms with Crippen LogP contribution in [0.1, 0.15) is 13.3 Å². The predicted molar refractivity (Wildman–Crippen MR) is 88.6 cm³/mol. The number of carbonyl (C=O) groups excluding carboxylic acids is 1. The first-order valence-electron chi connectivity index (χ1n) is 7.30. The summed E-state index contributed by atoms with van der Waals surface area (Å²) in [5.41, 5.74) is 5.60. The van der Waals surface area contributed by atoms with Crippen LogP contribution in [0.2, 0.25) is 0 Å². The highest BCUT2D eigenvalue weighted by molar-refractivity contribution is 7.91. The third-order valence-corrected chi connectivity index (χ3v) is 5.92. The van der Waals surface area contributed by atoms with E-state index in [2.05, 4.69) is 0 Å². The van der Waals surface area contributed by atoms with Crippen molar-refractivity contribution >= 4 is 28.2 Å². The predicted octanol–water partition coefficient (Wildman–Crippen LogP) is 1.46. The Kier molecular flexibility index (Phi) is 6.98. The molecule has 1 aromatic rings. The van der Waals surface area contributed by atoms with Gasteiger partial charge in [-0.25, -0.2) is 12.8 Å². The van der Waals surface area contributed by atoms with Gasteiger partial charge in [-0.05, 0) is 43.1 Å². The average Bonchev–Trinajstić information content (AvgIpc) is 2.95. The molecule has 0 saturated carbocycles. The van der Waals surface area contributed by atoms with E-state index in [1.54, 1.807) is 11.8 Å². The SMILES string of the molecule is CC(CS(=O)(=O)c1ccc(F)cc1)C(=O)N1CCC(CN)C1.Cl. The third-order valence-electron chi connectivity index (χ3n) is 3.99. The van der Waals surface area contributed by atoms with E-state index in [0.29, 0.717) is 25.6 Å². The number of hydrogen-bond donors (Lipinski definition) is 1. The molecule has 0 aliphatic carbocycles. The second-order valence-corrected chi connectivity index (χ2v) is 7.85. The average molecular weight is 365 g/mol. The van der Waals surface area contributed by atoms with Crippen molar-refractivity contribution in [1.82, 2.24) is 4.90 Å². The van der Waals surface area contributed by atoms with Crippen molar-refractivity contribution in [2.45, 2.75) is 18.2 Å². The Morgan fingerprint density at radius 1 is 1.39 bits per heavy atom. The zero-order valence-corrected chi connectivity index (χ0v) is 14.6. The summed E-state index contributed by atoms with van der Waals surface area (Å²) >= 11 is 0. The van der Waals surface area contributed by atoms with Gasteiger partial charge in [-0.15, -0.1) is 12.4 Å². The molecule has 2 unspecified atom stereocenters. The maximum absolute atomic E-state index is 12.9. The molecule has 1 saturated heterocycles. The van der Waals surface area contributed by atoms with Crippen LogP contribution in [-0.4, -0.2) is 44.6 Å². The molecule has 1 aromatic carbocycles. The molecule has 2 atom stereocenters. The Hall–Kier alpha value is -1.18.